The Balaban J connectivity index is 2.28. The minimum atomic E-state index is -1.46. The molecule has 20 heavy (non-hydrogen) atoms. The zero-order chi connectivity index (χ0) is 14.9. The molecule has 0 saturated heterocycles. The van der Waals surface area contributed by atoms with Crippen LogP contribution in [0, 0.1) is 17.0 Å². The van der Waals surface area contributed by atoms with Crippen molar-refractivity contribution in [2.45, 2.75) is 49.8 Å². The average Bonchev–Trinajstić information content (AvgIpc) is 2.65. The van der Waals surface area contributed by atoms with Gasteiger partial charge in [-0.25, -0.2) is 8.78 Å². The zero-order valence-corrected chi connectivity index (χ0v) is 12.9. The van der Waals surface area contributed by atoms with E-state index in [4.69, 9.17) is 0 Å². The van der Waals surface area contributed by atoms with Gasteiger partial charge in [0.25, 0.3) is 0 Å². The third kappa shape index (κ3) is 2.93. The van der Waals surface area contributed by atoms with Gasteiger partial charge in [0.05, 0.1) is 20.9 Å². The molecule has 1 aliphatic carbocycles. The molecule has 2 rings (SSSR count). The normalized spacial score (nSPS) is 26.6. The van der Waals surface area contributed by atoms with E-state index < -0.39 is 22.4 Å². The molecule has 112 valence electrons. The van der Waals surface area contributed by atoms with Gasteiger partial charge in [-0.05, 0) is 36.9 Å². The average molecular weight is 301 g/mol. The Morgan fingerprint density at radius 1 is 1.40 bits per heavy atom. The number of nitrogens with one attached hydrogen (secondary N) is 1. The molecular formula is C15H21F2NOS. The highest BCUT2D eigenvalue weighted by Gasteiger charge is 2.44. The van der Waals surface area contributed by atoms with Crippen LogP contribution in [0.3, 0.4) is 0 Å². The molecular weight excluding hydrogens is 280 g/mol. The Morgan fingerprint density at radius 2 is 2.10 bits per heavy atom. The number of hydrogen-bond acceptors (Lipinski definition) is 2. The van der Waals surface area contributed by atoms with Gasteiger partial charge in [-0.3, -0.25) is 4.21 Å². The maximum absolute atomic E-state index is 13.8. The van der Waals surface area contributed by atoms with Crippen molar-refractivity contribution in [3.63, 3.8) is 0 Å². The quantitative estimate of drug-likeness (QED) is 0.925. The van der Waals surface area contributed by atoms with Crippen molar-refractivity contribution in [2.75, 3.05) is 6.54 Å². The van der Waals surface area contributed by atoms with Gasteiger partial charge in [0, 0.05) is 12.1 Å². The van der Waals surface area contributed by atoms with E-state index in [0.29, 0.717) is 0 Å². The van der Waals surface area contributed by atoms with E-state index in [1.807, 2.05) is 6.92 Å². The van der Waals surface area contributed by atoms with Gasteiger partial charge in [-0.15, -0.1) is 0 Å². The molecule has 3 atom stereocenters. The van der Waals surface area contributed by atoms with Crippen LogP contribution in [0.4, 0.5) is 8.78 Å². The molecule has 0 heterocycles. The highest BCUT2D eigenvalue weighted by Crippen LogP contribution is 2.41. The summed E-state index contributed by atoms with van der Waals surface area (Å²) >= 11 is 0. The van der Waals surface area contributed by atoms with E-state index in [2.05, 4.69) is 19.2 Å². The fourth-order valence-electron chi connectivity index (χ4n) is 3.00. The number of halogens is 2. The molecule has 3 unspecified atom stereocenters. The lowest BCUT2D eigenvalue weighted by molar-refractivity contribution is 0.289. The minimum Gasteiger partial charge on any atom is -0.313 e. The predicted molar refractivity (Wildman–Crippen MR) is 77.0 cm³/mol. The summed E-state index contributed by atoms with van der Waals surface area (Å²) in [4.78, 5) is 0.108. The van der Waals surface area contributed by atoms with Gasteiger partial charge in [0.2, 0.25) is 0 Å². The van der Waals surface area contributed by atoms with Crippen LogP contribution in [0.1, 0.15) is 33.6 Å². The number of rotatable bonds is 4. The monoisotopic (exact) mass is 301 g/mol. The predicted octanol–water partition coefficient (Wildman–Crippen LogP) is 3.24. The van der Waals surface area contributed by atoms with Crippen LogP contribution < -0.4 is 5.32 Å². The number of hydrogen-bond donors (Lipinski definition) is 1. The molecule has 0 radical (unpaired) electrons. The second-order valence-electron chi connectivity index (χ2n) is 5.97. The Labute approximate surface area is 121 Å². The third-order valence-corrected chi connectivity index (χ3v) is 5.92. The molecule has 1 aromatic carbocycles. The number of benzene rings is 1. The van der Waals surface area contributed by atoms with Crippen molar-refractivity contribution in [3.8, 4) is 0 Å². The Kier molecular flexibility index (Phi) is 4.59. The molecule has 0 aliphatic heterocycles. The van der Waals surface area contributed by atoms with Crippen LogP contribution in [-0.4, -0.2) is 22.0 Å². The summed E-state index contributed by atoms with van der Waals surface area (Å²) in [6.45, 7) is 7.07. The summed E-state index contributed by atoms with van der Waals surface area (Å²) in [5.74, 6) is -1.36. The van der Waals surface area contributed by atoms with Gasteiger partial charge in [0.15, 0.2) is 0 Å². The zero-order valence-electron chi connectivity index (χ0n) is 12.1. The summed E-state index contributed by atoms with van der Waals surface area (Å²) in [6, 6.07) is 3.35. The van der Waals surface area contributed by atoms with E-state index in [0.717, 1.165) is 25.5 Å². The van der Waals surface area contributed by atoms with E-state index in [-0.39, 0.29) is 21.6 Å². The van der Waals surface area contributed by atoms with Crippen LogP contribution in [-0.2, 0) is 10.8 Å². The lowest BCUT2D eigenvalue weighted by Crippen LogP contribution is -2.46. The van der Waals surface area contributed by atoms with Crippen molar-refractivity contribution in [1.29, 1.82) is 0 Å². The third-order valence-electron chi connectivity index (χ3n) is 4.10. The van der Waals surface area contributed by atoms with Gasteiger partial charge in [-0.1, -0.05) is 20.8 Å². The standard InChI is InChI=1S/C15H21F2NOS/c1-4-18-14-13(7-8-15(14,2)3)20(19)12-6-5-10(16)9-11(12)17/h5-6,9,13-14,18H,4,7-8H2,1-3H3. The van der Waals surface area contributed by atoms with Crippen LogP contribution in [0.5, 0.6) is 0 Å². The maximum Gasteiger partial charge on any atom is 0.142 e. The smallest absolute Gasteiger partial charge is 0.142 e. The first-order valence-corrected chi connectivity index (χ1v) is 8.17. The highest BCUT2D eigenvalue weighted by molar-refractivity contribution is 7.85. The van der Waals surface area contributed by atoms with Crippen molar-refractivity contribution >= 4 is 10.8 Å². The molecule has 5 heteroatoms. The van der Waals surface area contributed by atoms with Crippen molar-refractivity contribution < 1.29 is 13.0 Å². The van der Waals surface area contributed by atoms with Crippen LogP contribution in [0.15, 0.2) is 23.1 Å². The van der Waals surface area contributed by atoms with Gasteiger partial charge < -0.3 is 5.32 Å². The van der Waals surface area contributed by atoms with Gasteiger partial charge in [0.1, 0.15) is 11.6 Å². The lowest BCUT2D eigenvalue weighted by Gasteiger charge is -2.31. The van der Waals surface area contributed by atoms with E-state index in [1.54, 1.807) is 0 Å². The molecule has 1 saturated carbocycles. The van der Waals surface area contributed by atoms with Crippen LogP contribution >= 0.6 is 0 Å². The summed E-state index contributed by atoms with van der Waals surface area (Å²) < 4.78 is 39.4. The summed E-state index contributed by atoms with van der Waals surface area (Å²) in [7, 11) is -1.46. The summed E-state index contributed by atoms with van der Waals surface area (Å²) in [5, 5.41) is 3.24. The first kappa shape index (κ1) is 15.6. The SMILES string of the molecule is CCNC1C(S(=O)c2ccc(F)cc2F)CCC1(C)C. The van der Waals surface area contributed by atoms with Crippen molar-refractivity contribution in [1.82, 2.24) is 5.32 Å². The van der Waals surface area contributed by atoms with E-state index in [1.165, 1.54) is 12.1 Å². The second-order valence-corrected chi connectivity index (χ2v) is 7.61. The molecule has 1 aliphatic rings. The molecule has 0 spiro atoms. The van der Waals surface area contributed by atoms with E-state index >= 15 is 0 Å². The minimum absolute atomic E-state index is 0.0346. The molecule has 0 bridgehead atoms. The Morgan fingerprint density at radius 3 is 2.70 bits per heavy atom. The van der Waals surface area contributed by atoms with Crippen molar-refractivity contribution in [3.05, 3.63) is 29.8 Å². The van der Waals surface area contributed by atoms with Gasteiger partial charge in [-0.2, -0.15) is 0 Å². The fraction of sp³-hybridized carbons (Fsp3) is 0.600. The second kappa shape index (κ2) is 5.90. The fourth-order valence-corrected chi connectivity index (χ4v) is 4.82. The molecule has 0 aromatic heterocycles. The van der Waals surface area contributed by atoms with Crippen LogP contribution in [0.25, 0.3) is 0 Å². The maximum atomic E-state index is 13.8. The largest absolute Gasteiger partial charge is 0.313 e. The Hall–Kier alpha value is -0.810. The molecule has 1 fully saturated rings. The first-order chi connectivity index (χ1) is 9.36. The highest BCUT2D eigenvalue weighted by atomic mass is 32.2. The topological polar surface area (TPSA) is 29.1 Å². The molecule has 0 amide bonds. The van der Waals surface area contributed by atoms with Crippen LogP contribution in [0.2, 0.25) is 0 Å². The van der Waals surface area contributed by atoms with E-state index in [9.17, 15) is 13.0 Å². The van der Waals surface area contributed by atoms with Gasteiger partial charge >= 0.3 is 0 Å². The summed E-state index contributed by atoms with van der Waals surface area (Å²) in [6.07, 6.45) is 1.73. The van der Waals surface area contributed by atoms with Crippen molar-refractivity contribution in [2.24, 2.45) is 5.41 Å². The Bertz CT molecular complexity index is 519. The summed E-state index contributed by atoms with van der Waals surface area (Å²) in [5.41, 5.74) is 0.0346. The molecule has 1 N–H and O–H groups in total. The molecule has 2 nitrogen and oxygen atoms in total. The lowest BCUT2D eigenvalue weighted by atomic mass is 9.87. The molecule has 1 aromatic rings. The first-order valence-electron chi connectivity index (χ1n) is 6.96.